The smallest absolute Gasteiger partial charge is 0.346 e. The second-order valence-electron chi connectivity index (χ2n) is 5.49. The van der Waals surface area contributed by atoms with E-state index in [-0.39, 0.29) is 22.6 Å². The van der Waals surface area contributed by atoms with Crippen molar-refractivity contribution in [1.82, 2.24) is 0 Å². The van der Waals surface area contributed by atoms with E-state index in [1.54, 1.807) is 24.3 Å². The van der Waals surface area contributed by atoms with Crippen molar-refractivity contribution in [2.24, 2.45) is 0 Å². The van der Waals surface area contributed by atoms with Gasteiger partial charge in [0.25, 0.3) is 0 Å². The molecule has 30 heavy (non-hydrogen) atoms. The van der Waals surface area contributed by atoms with Gasteiger partial charge in [0.15, 0.2) is 0 Å². The highest BCUT2D eigenvalue weighted by Crippen LogP contribution is 2.39. The number of benzene rings is 3. The monoisotopic (exact) mass is 473 g/mol. The van der Waals surface area contributed by atoms with E-state index in [1.807, 2.05) is 27.7 Å². The summed E-state index contributed by atoms with van der Waals surface area (Å²) in [5, 5.41) is 12.2. The van der Waals surface area contributed by atoms with Crippen LogP contribution in [0.4, 0.5) is 5.69 Å². The maximum absolute atomic E-state index is 12.0. The number of rotatable bonds is 3. The van der Waals surface area contributed by atoms with E-state index in [2.05, 4.69) is 15.9 Å². The number of halogens is 1. The van der Waals surface area contributed by atoms with Crippen LogP contribution in [0.5, 0.6) is 11.5 Å². The fourth-order valence-electron chi connectivity index (χ4n) is 2.84. The van der Waals surface area contributed by atoms with Crippen molar-refractivity contribution in [1.29, 1.82) is 0 Å². The highest BCUT2D eigenvalue weighted by molar-refractivity contribution is 9.10. The zero-order chi connectivity index (χ0) is 22.4. The first-order valence-electron chi connectivity index (χ1n) is 9.40. The van der Waals surface area contributed by atoms with Gasteiger partial charge in [-0.25, -0.2) is 9.59 Å². The first kappa shape index (κ1) is 23.0. The van der Waals surface area contributed by atoms with Crippen molar-refractivity contribution in [3.63, 3.8) is 0 Å². The Morgan fingerprint density at radius 3 is 2.13 bits per heavy atom. The molecule has 0 saturated carbocycles. The Morgan fingerprint density at radius 2 is 1.50 bits per heavy atom. The van der Waals surface area contributed by atoms with Crippen molar-refractivity contribution < 1.29 is 24.0 Å². The molecule has 0 bridgehead atoms. The lowest BCUT2D eigenvalue weighted by molar-refractivity contribution is -0.385. The summed E-state index contributed by atoms with van der Waals surface area (Å²) in [4.78, 5) is 34.6. The van der Waals surface area contributed by atoms with E-state index in [0.29, 0.717) is 21.0 Å². The van der Waals surface area contributed by atoms with E-state index >= 15 is 0 Å². The SMILES string of the molecule is CC.CC.O=C1OC(=O)c2ccc(Oc3ccc(Br)cc3[N+](=O)[O-])c3cccc1c23. The lowest BCUT2D eigenvalue weighted by Gasteiger charge is -2.17. The number of nitro groups is 1. The normalized spacial score (nSPS) is 11.5. The second-order valence-corrected chi connectivity index (χ2v) is 6.40. The quantitative estimate of drug-likeness (QED) is 0.182. The molecule has 7 nitrogen and oxygen atoms in total. The molecule has 0 amide bonds. The second kappa shape index (κ2) is 9.98. The number of hydrogen-bond acceptors (Lipinski definition) is 6. The Labute approximate surface area is 181 Å². The van der Waals surface area contributed by atoms with Gasteiger partial charge in [-0.2, -0.15) is 0 Å². The molecule has 156 valence electrons. The standard InChI is InChI=1S/C18H8BrNO6.2C2H6/c19-9-4-6-15(13(8-9)20(23)24)25-14-7-5-12-16-10(14)2-1-3-11(16)17(21)26-18(12)22;2*1-2/h1-8H;2*1-2H3. The highest BCUT2D eigenvalue weighted by atomic mass is 79.9. The predicted molar refractivity (Wildman–Crippen MR) is 117 cm³/mol. The van der Waals surface area contributed by atoms with Crippen molar-refractivity contribution in [3.8, 4) is 11.5 Å². The molecule has 0 saturated heterocycles. The molecule has 0 atom stereocenters. The minimum Gasteiger partial charge on any atom is -0.449 e. The lowest BCUT2D eigenvalue weighted by Crippen LogP contribution is -2.19. The van der Waals surface area contributed by atoms with Gasteiger partial charge < -0.3 is 9.47 Å². The molecule has 1 heterocycles. The maximum atomic E-state index is 12.0. The molecule has 1 aliphatic rings. The number of carbonyl (C=O) groups is 2. The van der Waals surface area contributed by atoms with Crippen LogP contribution in [-0.4, -0.2) is 16.9 Å². The molecular formula is C22H20BrNO6. The van der Waals surface area contributed by atoms with Crippen LogP contribution in [0.2, 0.25) is 0 Å². The molecule has 0 unspecified atom stereocenters. The molecule has 0 aliphatic carbocycles. The Hall–Kier alpha value is -3.26. The van der Waals surface area contributed by atoms with E-state index in [1.165, 1.54) is 24.3 Å². The average Bonchev–Trinajstić information content (AvgIpc) is 2.76. The lowest BCUT2D eigenvalue weighted by atomic mass is 9.96. The fraction of sp³-hybridized carbons (Fsp3) is 0.182. The van der Waals surface area contributed by atoms with Crippen molar-refractivity contribution >= 4 is 44.3 Å². The van der Waals surface area contributed by atoms with Crippen LogP contribution < -0.4 is 4.74 Å². The molecule has 0 spiro atoms. The summed E-state index contributed by atoms with van der Waals surface area (Å²) in [6.45, 7) is 8.00. The van der Waals surface area contributed by atoms with Crippen molar-refractivity contribution in [2.75, 3.05) is 0 Å². The third-order valence-electron chi connectivity index (χ3n) is 3.96. The van der Waals surface area contributed by atoms with Gasteiger partial charge in [0, 0.05) is 21.3 Å². The summed E-state index contributed by atoms with van der Waals surface area (Å²) in [5.41, 5.74) is 0.274. The summed E-state index contributed by atoms with van der Waals surface area (Å²) in [6, 6.07) is 12.3. The molecule has 0 fully saturated rings. The molecule has 3 aromatic rings. The molecule has 1 aliphatic heterocycles. The molecule has 0 aromatic heterocycles. The molecule has 0 N–H and O–H groups in total. The van der Waals surface area contributed by atoms with Gasteiger partial charge in [-0.15, -0.1) is 0 Å². The van der Waals surface area contributed by atoms with Gasteiger partial charge >= 0.3 is 17.6 Å². The van der Waals surface area contributed by atoms with E-state index < -0.39 is 16.9 Å². The van der Waals surface area contributed by atoms with Crippen LogP contribution in [0.1, 0.15) is 48.4 Å². The number of esters is 2. The fourth-order valence-corrected chi connectivity index (χ4v) is 3.19. The van der Waals surface area contributed by atoms with Gasteiger partial charge in [0.2, 0.25) is 5.75 Å². The first-order chi connectivity index (χ1) is 14.5. The number of hydrogen-bond donors (Lipinski definition) is 0. The van der Waals surface area contributed by atoms with Gasteiger partial charge in [-0.3, -0.25) is 10.1 Å². The van der Waals surface area contributed by atoms with Gasteiger partial charge in [-0.1, -0.05) is 55.8 Å². The Balaban J connectivity index is 0.000000757. The van der Waals surface area contributed by atoms with E-state index in [4.69, 9.17) is 9.47 Å². The predicted octanol–water partition coefficient (Wildman–Crippen LogP) is 6.67. The van der Waals surface area contributed by atoms with Gasteiger partial charge in [0.1, 0.15) is 5.75 Å². The third-order valence-corrected chi connectivity index (χ3v) is 4.46. The summed E-state index contributed by atoms with van der Waals surface area (Å²) in [5.74, 6) is -1.14. The Bertz CT molecular complexity index is 1110. The minimum absolute atomic E-state index is 0.0450. The maximum Gasteiger partial charge on any atom is 0.346 e. The largest absolute Gasteiger partial charge is 0.449 e. The van der Waals surface area contributed by atoms with E-state index in [0.717, 1.165) is 0 Å². The van der Waals surface area contributed by atoms with Crippen LogP contribution in [0.15, 0.2) is 53.0 Å². The molecule has 3 aromatic carbocycles. The number of nitro benzene ring substituents is 1. The third kappa shape index (κ3) is 4.33. The average molecular weight is 474 g/mol. The number of carbonyl (C=O) groups excluding carboxylic acids is 2. The van der Waals surface area contributed by atoms with Crippen molar-refractivity contribution in [3.05, 3.63) is 74.2 Å². The zero-order valence-electron chi connectivity index (χ0n) is 16.9. The minimum atomic E-state index is -0.736. The van der Waals surface area contributed by atoms with Crippen LogP contribution in [-0.2, 0) is 4.74 Å². The molecule has 8 heteroatoms. The first-order valence-corrected chi connectivity index (χ1v) is 10.2. The van der Waals surface area contributed by atoms with Gasteiger partial charge in [0.05, 0.1) is 16.1 Å². The van der Waals surface area contributed by atoms with Crippen molar-refractivity contribution in [2.45, 2.75) is 27.7 Å². The van der Waals surface area contributed by atoms with Crippen LogP contribution in [0.25, 0.3) is 10.8 Å². The van der Waals surface area contributed by atoms with Crippen LogP contribution in [0.3, 0.4) is 0 Å². The molecular weight excluding hydrogens is 454 g/mol. The summed E-state index contributed by atoms with van der Waals surface area (Å²) in [6.07, 6.45) is 0. The highest BCUT2D eigenvalue weighted by Gasteiger charge is 2.28. The summed E-state index contributed by atoms with van der Waals surface area (Å²) in [7, 11) is 0. The molecule has 4 rings (SSSR count). The zero-order valence-corrected chi connectivity index (χ0v) is 18.5. The van der Waals surface area contributed by atoms with Crippen LogP contribution >= 0.6 is 15.9 Å². The summed E-state index contributed by atoms with van der Waals surface area (Å²) < 4.78 is 11.0. The number of ether oxygens (including phenoxy) is 2. The number of cyclic esters (lactones) is 2. The van der Waals surface area contributed by atoms with Crippen LogP contribution in [0, 0.1) is 10.1 Å². The topological polar surface area (TPSA) is 95.7 Å². The number of nitrogens with zero attached hydrogens (tertiary/aromatic N) is 1. The summed E-state index contributed by atoms with van der Waals surface area (Å²) >= 11 is 3.19. The molecule has 0 radical (unpaired) electrons. The van der Waals surface area contributed by atoms with E-state index in [9.17, 15) is 19.7 Å². The van der Waals surface area contributed by atoms with Gasteiger partial charge in [-0.05, 0) is 30.3 Å². The Morgan fingerprint density at radius 1 is 0.900 bits per heavy atom. The Kier molecular flexibility index (Phi) is 7.66.